The first-order valence-corrected chi connectivity index (χ1v) is 8.92. The second-order valence-corrected chi connectivity index (χ2v) is 6.36. The highest BCUT2D eigenvalue weighted by molar-refractivity contribution is 8.00. The van der Waals surface area contributed by atoms with E-state index in [9.17, 15) is 9.59 Å². The Morgan fingerprint density at radius 2 is 2.16 bits per heavy atom. The van der Waals surface area contributed by atoms with E-state index in [1.165, 1.54) is 17.8 Å². The summed E-state index contributed by atoms with van der Waals surface area (Å²) in [6, 6.07) is 13.0. The first kappa shape index (κ1) is 17.1. The van der Waals surface area contributed by atoms with Crippen LogP contribution in [0.4, 0.5) is 11.4 Å². The summed E-state index contributed by atoms with van der Waals surface area (Å²) in [5, 5.41) is 5.61. The Morgan fingerprint density at radius 3 is 3.00 bits per heavy atom. The Hall–Kier alpha value is -2.73. The smallest absolute Gasteiger partial charge is 0.248 e. The number of carbonyl (C=O) groups is 2. The number of para-hydroxylation sites is 1. The molecule has 1 aliphatic rings. The average molecular weight is 354 g/mol. The average Bonchev–Trinajstić information content (AvgIpc) is 2.61. The molecule has 0 atom stereocenters. The third-order valence-corrected chi connectivity index (χ3v) is 4.59. The molecule has 0 spiro atoms. The lowest BCUT2D eigenvalue weighted by Gasteiger charge is -2.17. The van der Waals surface area contributed by atoms with E-state index >= 15 is 0 Å². The van der Waals surface area contributed by atoms with E-state index in [1.807, 2.05) is 43.3 Å². The number of hydrogen-bond acceptors (Lipinski definition) is 4. The highest BCUT2D eigenvalue weighted by Gasteiger charge is 2.15. The summed E-state index contributed by atoms with van der Waals surface area (Å²) < 4.78 is 5.53. The molecule has 0 radical (unpaired) electrons. The van der Waals surface area contributed by atoms with Gasteiger partial charge in [-0.25, -0.2) is 0 Å². The first-order valence-electron chi connectivity index (χ1n) is 7.93. The van der Waals surface area contributed by atoms with Crippen molar-refractivity contribution in [1.29, 1.82) is 0 Å². The molecule has 0 unspecified atom stereocenters. The van der Waals surface area contributed by atoms with Crippen LogP contribution in [0.2, 0.25) is 0 Å². The number of nitrogens with one attached hydrogen (secondary N) is 2. The summed E-state index contributed by atoms with van der Waals surface area (Å²) in [5.74, 6) is 0.873. The van der Waals surface area contributed by atoms with Gasteiger partial charge in [0.25, 0.3) is 0 Å². The Balaban J connectivity index is 1.69. The molecule has 2 aromatic carbocycles. The topological polar surface area (TPSA) is 67.4 Å². The molecule has 0 saturated heterocycles. The molecule has 0 saturated carbocycles. The zero-order valence-electron chi connectivity index (χ0n) is 13.7. The fourth-order valence-corrected chi connectivity index (χ4v) is 3.20. The summed E-state index contributed by atoms with van der Waals surface area (Å²) >= 11 is 1.49. The number of thioether (sulfide) groups is 1. The van der Waals surface area contributed by atoms with E-state index in [1.54, 1.807) is 12.1 Å². The SMILES string of the molecule is CCOc1ccccc1/C=C/C(=O)Nc1ccc2c(c1)NC(=O)CS2. The molecule has 2 aromatic rings. The Kier molecular flexibility index (Phi) is 5.40. The number of hydrogen-bond donors (Lipinski definition) is 2. The van der Waals surface area contributed by atoms with Gasteiger partial charge in [-0.2, -0.15) is 0 Å². The number of fused-ring (bicyclic) bond motifs is 1. The minimum absolute atomic E-state index is 0.0339. The van der Waals surface area contributed by atoms with Gasteiger partial charge in [-0.3, -0.25) is 9.59 Å². The van der Waals surface area contributed by atoms with Crippen LogP contribution in [0.3, 0.4) is 0 Å². The zero-order chi connectivity index (χ0) is 17.6. The van der Waals surface area contributed by atoms with Crippen molar-refractivity contribution < 1.29 is 14.3 Å². The Labute approximate surface area is 150 Å². The molecule has 1 heterocycles. The maximum Gasteiger partial charge on any atom is 0.248 e. The van der Waals surface area contributed by atoms with Gasteiger partial charge in [0.1, 0.15) is 5.75 Å². The van der Waals surface area contributed by atoms with Crippen LogP contribution in [0, 0.1) is 0 Å². The molecule has 128 valence electrons. The third-order valence-electron chi connectivity index (χ3n) is 3.51. The minimum Gasteiger partial charge on any atom is -0.493 e. The number of carbonyl (C=O) groups excluding carboxylic acids is 2. The van der Waals surface area contributed by atoms with Crippen LogP contribution in [0.5, 0.6) is 5.75 Å². The van der Waals surface area contributed by atoms with Crippen LogP contribution in [-0.4, -0.2) is 24.2 Å². The van der Waals surface area contributed by atoms with Gasteiger partial charge in [0.05, 0.1) is 18.0 Å². The molecule has 1 aliphatic heterocycles. The molecule has 0 bridgehead atoms. The molecule has 6 heteroatoms. The van der Waals surface area contributed by atoms with E-state index in [2.05, 4.69) is 10.6 Å². The molecular weight excluding hydrogens is 336 g/mol. The van der Waals surface area contributed by atoms with Gasteiger partial charge >= 0.3 is 0 Å². The highest BCUT2D eigenvalue weighted by atomic mass is 32.2. The number of benzene rings is 2. The molecule has 0 aliphatic carbocycles. The Morgan fingerprint density at radius 1 is 1.32 bits per heavy atom. The largest absolute Gasteiger partial charge is 0.493 e. The maximum atomic E-state index is 12.2. The lowest BCUT2D eigenvalue weighted by molar-refractivity contribution is -0.114. The van der Waals surface area contributed by atoms with E-state index in [0.717, 1.165) is 21.9 Å². The molecular formula is C19H18N2O3S. The summed E-state index contributed by atoms with van der Waals surface area (Å²) in [4.78, 5) is 24.6. The van der Waals surface area contributed by atoms with Crippen molar-refractivity contribution in [3.05, 3.63) is 54.1 Å². The molecule has 5 nitrogen and oxygen atoms in total. The first-order chi connectivity index (χ1) is 12.2. The van der Waals surface area contributed by atoms with Gasteiger partial charge in [-0.05, 0) is 37.3 Å². The van der Waals surface area contributed by atoms with Crippen LogP contribution in [0.15, 0.2) is 53.4 Å². The van der Waals surface area contributed by atoms with Crippen LogP contribution in [-0.2, 0) is 9.59 Å². The van der Waals surface area contributed by atoms with Crippen molar-refractivity contribution in [1.82, 2.24) is 0 Å². The van der Waals surface area contributed by atoms with Crippen LogP contribution >= 0.6 is 11.8 Å². The molecule has 0 aromatic heterocycles. The minimum atomic E-state index is -0.249. The normalized spacial score (nSPS) is 13.2. The lowest BCUT2D eigenvalue weighted by atomic mass is 10.2. The molecule has 2 amide bonds. The van der Waals surface area contributed by atoms with Crippen molar-refractivity contribution in [3.8, 4) is 5.75 Å². The van der Waals surface area contributed by atoms with E-state index in [-0.39, 0.29) is 11.8 Å². The summed E-state index contributed by atoms with van der Waals surface area (Å²) in [7, 11) is 0. The maximum absolute atomic E-state index is 12.2. The number of amides is 2. The summed E-state index contributed by atoms with van der Waals surface area (Å²) in [6.07, 6.45) is 3.18. The van der Waals surface area contributed by atoms with Gasteiger partial charge in [-0.1, -0.05) is 18.2 Å². The monoisotopic (exact) mass is 354 g/mol. The summed E-state index contributed by atoms with van der Waals surface area (Å²) in [5.41, 5.74) is 2.20. The van der Waals surface area contributed by atoms with Gasteiger partial charge in [0, 0.05) is 22.2 Å². The fraction of sp³-hybridized carbons (Fsp3) is 0.158. The van der Waals surface area contributed by atoms with Gasteiger partial charge in [-0.15, -0.1) is 11.8 Å². The van der Waals surface area contributed by atoms with Gasteiger partial charge in [0.15, 0.2) is 0 Å². The third kappa shape index (κ3) is 4.42. The van der Waals surface area contributed by atoms with E-state index < -0.39 is 0 Å². The highest BCUT2D eigenvalue weighted by Crippen LogP contribution is 2.33. The molecule has 3 rings (SSSR count). The zero-order valence-corrected chi connectivity index (χ0v) is 14.6. The summed E-state index contributed by atoms with van der Waals surface area (Å²) in [6.45, 7) is 2.48. The molecule has 25 heavy (non-hydrogen) atoms. The molecule has 2 N–H and O–H groups in total. The lowest BCUT2D eigenvalue weighted by Crippen LogP contribution is -2.19. The second-order valence-electron chi connectivity index (χ2n) is 5.34. The van der Waals surface area contributed by atoms with Crippen LogP contribution in [0.1, 0.15) is 12.5 Å². The second kappa shape index (κ2) is 7.90. The predicted octanol–water partition coefficient (Wildman–Crippen LogP) is 3.78. The number of ether oxygens (including phenoxy) is 1. The van der Waals surface area contributed by atoms with Crippen LogP contribution in [0.25, 0.3) is 6.08 Å². The van der Waals surface area contributed by atoms with Gasteiger partial charge < -0.3 is 15.4 Å². The van der Waals surface area contributed by atoms with Crippen molar-refractivity contribution in [2.45, 2.75) is 11.8 Å². The number of anilines is 2. The van der Waals surface area contributed by atoms with Gasteiger partial charge in [0.2, 0.25) is 11.8 Å². The van der Waals surface area contributed by atoms with Crippen molar-refractivity contribution in [2.24, 2.45) is 0 Å². The quantitative estimate of drug-likeness (QED) is 0.802. The number of rotatable bonds is 5. The van der Waals surface area contributed by atoms with E-state index in [0.29, 0.717) is 18.0 Å². The fourth-order valence-electron chi connectivity index (χ4n) is 2.42. The van der Waals surface area contributed by atoms with Crippen molar-refractivity contribution in [3.63, 3.8) is 0 Å². The predicted molar refractivity (Wildman–Crippen MR) is 101 cm³/mol. The standard InChI is InChI=1S/C19H18N2O3S/c1-2-24-16-6-4-3-5-13(16)7-10-18(22)20-14-8-9-17-15(11-14)21-19(23)12-25-17/h3-11H,2,12H2,1H3,(H,20,22)(H,21,23)/b10-7+. The van der Waals surface area contributed by atoms with Crippen LogP contribution < -0.4 is 15.4 Å². The van der Waals surface area contributed by atoms with Crippen molar-refractivity contribution in [2.75, 3.05) is 23.0 Å². The van der Waals surface area contributed by atoms with E-state index in [4.69, 9.17) is 4.74 Å². The van der Waals surface area contributed by atoms with Crippen molar-refractivity contribution >= 4 is 41.0 Å². The molecule has 0 fully saturated rings. The Bertz CT molecular complexity index is 833.